The molecular formula is C17H31N7O6S. The molecule has 3 amide bonds. The lowest BCUT2D eigenvalue weighted by Crippen LogP contribution is -2.58. The Morgan fingerprint density at radius 2 is 1.74 bits per heavy atom. The van der Waals surface area contributed by atoms with Crippen LogP contribution in [0.5, 0.6) is 0 Å². The highest BCUT2D eigenvalue weighted by Gasteiger charge is 2.30. The van der Waals surface area contributed by atoms with Gasteiger partial charge in [0.25, 0.3) is 0 Å². The van der Waals surface area contributed by atoms with Crippen LogP contribution in [-0.4, -0.2) is 89.5 Å². The zero-order valence-electron chi connectivity index (χ0n) is 17.0. The molecule has 10 N–H and O–H groups in total. The monoisotopic (exact) mass is 461 g/mol. The number of thiol groups is 1. The van der Waals surface area contributed by atoms with Crippen LogP contribution in [0.15, 0.2) is 4.99 Å². The van der Waals surface area contributed by atoms with Gasteiger partial charge in [-0.2, -0.15) is 12.6 Å². The number of hydrogen-bond acceptors (Lipinski definition) is 8. The average Bonchev–Trinajstić information content (AvgIpc) is 3.26. The molecule has 0 saturated carbocycles. The molecule has 13 nitrogen and oxygen atoms in total. The minimum absolute atomic E-state index is 0.0351. The summed E-state index contributed by atoms with van der Waals surface area (Å²) < 4.78 is 0. The highest BCUT2D eigenvalue weighted by atomic mass is 32.1. The van der Waals surface area contributed by atoms with Gasteiger partial charge in [0.2, 0.25) is 17.7 Å². The summed E-state index contributed by atoms with van der Waals surface area (Å²) in [4.78, 5) is 52.1. The summed E-state index contributed by atoms with van der Waals surface area (Å²) in [5.74, 6) is -3.42. The number of nitrogens with one attached hydrogen (secondary N) is 4. The first-order chi connectivity index (χ1) is 14.7. The van der Waals surface area contributed by atoms with Crippen LogP contribution in [0.25, 0.3) is 0 Å². The molecule has 1 aliphatic heterocycles. The largest absolute Gasteiger partial charge is 0.480 e. The fourth-order valence-corrected chi connectivity index (χ4v) is 3.13. The zero-order valence-corrected chi connectivity index (χ0v) is 17.9. The number of aliphatic carboxylic acids is 1. The van der Waals surface area contributed by atoms with E-state index in [0.717, 1.165) is 6.42 Å². The molecule has 4 unspecified atom stereocenters. The lowest BCUT2D eigenvalue weighted by atomic mass is 10.1. The summed E-state index contributed by atoms with van der Waals surface area (Å²) >= 11 is 4.05. The van der Waals surface area contributed by atoms with Gasteiger partial charge >= 0.3 is 5.97 Å². The lowest BCUT2D eigenvalue weighted by Gasteiger charge is -2.23. The van der Waals surface area contributed by atoms with Crippen molar-refractivity contribution in [2.75, 3.05) is 25.4 Å². The van der Waals surface area contributed by atoms with Gasteiger partial charge in [-0.15, -0.1) is 0 Å². The van der Waals surface area contributed by atoms with Crippen molar-refractivity contribution in [2.45, 2.75) is 49.9 Å². The number of aliphatic hydroxyl groups excluding tert-OH is 1. The van der Waals surface area contributed by atoms with E-state index in [4.69, 9.17) is 11.5 Å². The molecule has 0 aromatic rings. The molecule has 0 radical (unpaired) electrons. The maximum absolute atomic E-state index is 12.5. The van der Waals surface area contributed by atoms with E-state index in [1.54, 1.807) is 0 Å². The number of rotatable bonds is 13. The van der Waals surface area contributed by atoms with E-state index in [0.29, 0.717) is 13.0 Å². The molecular weight excluding hydrogens is 430 g/mol. The second-order valence-electron chi connectivity index (χ2n) is 6.98. The number of nitrogens with two attached hydrogens (primary N) is 2. The van der Waals surface area contributed by atoms with E-state index < -0.39 is 48.6 Å². The molecule has 31 heavy (non-hydrogen) atoms. The van der Waals surface area contributed by atoms with Gasteiger partial charge in [-0.25, -0.2) is 4.79 Å². The molecule has 1 heterocycles. The number of guanidine groups is 1. The summed E-state index contributed by atoms with van der Waals surface area (Å²) in [6.07, 6.45) is 1.81. The lowest BCUT2D eigenvalue weighted by molar-refractivity contribution is -0.142. The Labute approximate surface area is 185 Å². The number of nitrogens with zero attached hydrogens (tertiary/aromatic N) is 1. The standard InChI is InChI=1S/C17H31N7O6S/c18-17(19)21-6-2-4-10(16(29)30)22-14(27)11(7-25)23-15(28)12(8-31)24-13(26)9-3-1-5-20-9/h9-12,20,25,31H,1-8H2,(H,22,27)(H,23,28)(H,24,26)(H,29,30)(H4,18,19,21). The first kappa shape index (κ1) is 26.5. The smallest absolute Gasteiger partial charge is 0.326 e. The number of hydrogen-bond donors (Lipinski definition) is 9. The van der Waals surface area contributed by atoms with E-state index in [-0.39, 0.29) is 37.0 Å². The van der Waals surface area contributed by atoms with Crippen LogP contribution >= 0.6 is 12.6 Å². The Morgan fingerprint density at radius 1 is 1.10 bits per heavy atom. The SMILES string of the molecule is NC(N)=NCCCC(NC(=O)C(CO)NC(=O)C(CS)NC(=O)C1CCCN1)C(=O)O. The van der Waals surface area contributed by atoms with E-state index in [2.05, 4.69) is 38.9 Å². The third-order valence-corrected chi connectivity index (χ3v) is 4.93. The predicted octanol–water partition coefficient (Wildman–Crippen LogP) is -3.75. The van der Waals surface area contributed by atoms with Gasteiger partial charge in [0.05, 0.1) is 12.6 Å². The Kier molecular flexibility index (Phi) is 11.7. The van der Waals surface area contributed by atoms with Crippen molar-refractivity contribution in [1.82, 2.24) is 21.3 Å². The Morgan fingerprint density at radius 3 is 2.26 bits per heavy atom. The Hall–Kier alpha value is -2.58. The number of carbonyl (C=O) groups is 4. The maximum atomic E-state index is 12.5. The average molecular weight is 462 g/mol. The van der Waals surface area contributed by atoms with Crippen molar-refractivity contribution >= 4 is 42.3 Å². The van der Waals surface area contributed by atoms with Crippen LogP contribution in [0.4, 0.5) is 0 Å². The number of aliphatic hydroxyl groups is 1. The van der Waals surface area contributed by atoms with Crippen LogP contribution in [0.2, 0.25) is 0 Å². The van der Waals surface area contributed by atoms with Gasteiger partial charge in [0.1, 0.15) is 18.1 Å². The normalized spacial score (nSPS) is 18.3. The van der Waals surface area contributed by atoms with Crippen LogP contribution in [0, 0.1) is 0 Å². The van der Waals surface area contributed by atoms with Gasteiger partial charge in [0, 0.05) is 12.3 Å². The maximum Gasteiger partial charge on any atom is 0.326 e. The fourth-order valence-electron chi connectivity index (χ4n) is 2.87. The molecule has 4 atom stereocenters. The van der Waals surface area contributed by atoms with Crippen LogP contribution in [0.1, 0.15) is 25.7 Å². The number of carboxylic acids is 1. The van der Waals surface area contributed by atoms with Gasteiger partial charge in [0.15, 0.2) is 5.96 Å². The number of carbonyl (C=O) groups excluding carboxylic acids is 3. The molecule has 1 aliphatic rings. The molecule has 0 bridgehead atoms. The summed E-state index contributed by atoms with van der Waals surface area (Å²) in [6.45, 7) is 0.121. The quantitative estimate of drug-likeness (QED) is 0.0568. The number of aliphatic imine (C=N–C) groups is 1. The van der Waals surface area contributed by atoms with Crippen molar-refractivity contribution in [3.8, 4) is 0 Å². The van der Waals surface area contributed by atoms with E-state index in [1.165, 1.54) is 0 Å². The van der Waals surface area contributed by atoms with Crippen molar-refractivity contribution in [3.63, 3.8) is 0 Å². The number of carboxylic acid groups (broad SMARTS) is 1. The molecule has 176 valence electrons. The summed E-state index contributed by atoms with van der Waals surface area (Å²) in [7, 11) is 0. The van der Waals surface area contributed by atoms with Gasteiger partial charge in [-0.05, 0) is 32.2 Å². The summed E-state index contributed by atoms with van der Waals surface area (Å²) in [5, 5.41) is 28.9. The molecule has 1 saturated heterocycles. The van der Waals surface area contributed by atoms with E-state index >= 15 is 0 Å². The van der Waals surface area contributed by atoms with Crippen LogP contribution < -0.4 is 32.7 Å². The highest BCUT2D eigenvalue weighted by molar-refractivity contribution is 7.80. The van der Waals surface area contributed by atoms with Crippen molar-refractivity contribution < 1.29 is 29.4 Å². The zero-order chi connectivity index (χ0) is 23.4. The minimum atomic E-state index is -1.41. The highest BCUT2D eigenvalue weighted by Crippen LogP contribution is 2.05. The van der Waals surface area contributed by atoms with Crippen LogP contribution in [0.3, 0.4) is 0 Å². The fraction of sp³-hybridized carbons (Fsp3) is 0.706. The molecule has 14 heteroatoms. The van der Waals surface area contributed by atoms with Crippen molar-refractivity contribution in [2.24, 2.45) is 16.5 Å². The molecule has 0 spiro atoms. The molecule has 0 aromatic heterocycles. The second kappa shape index (κ2) is 13.7. The predicted molar refractivity (Wildman–Crippen MR) is 115 cm³/mol. The Balaban J connectivity index is 2.63. The van der Waals surface area contributed by atoms with Gasteiger partial charge in [-0.3, -0.25) is 19.4 Å². The Bertz CT molecular complexity index is 667. The minimum Gasteiger partial charge on any atom is -0.480 e. The molecule has 0 aliphatic carbocycles. The molecule has 0 aromatic carbocycles. The van der Waals surface area contributed by atoms with Crippen LogP contribution in [-0.2, 0) is 19.2 Å². The first-order valence-electron chi connectivity index (χ1n) is 9.84. The van der Waals surface area contributed by atoms with E-state index in [9.17, 15) is 29.4 Å². The van der Waals surface area contributed by atoms with Gasteiger partial charge < -0.3 is 42.9 Å². The van der Waals surface area contributed by atoms with Crippen molar-refractivity contribution in [1.29, 1.82) is 0 Å². The second-order valence-corrected chi connectivity index (χ2v) is 7.35. The summed E-state index contributed by atoms with van der Waals surface area (Å²) in [6, 6.07) is -4.10. The van der Waals surface area contributed by atoms with Gasteiger partial charge in [-0.1, -0.05) is 0 Å². The third kappa shape index (κ3) is 9.40. The van der Waals surface area contributed by atoms with Crippen molar-refractivity contribution in [3.05, 3.63) is 0 Å². The molecule has 1 rings (SSSR count). The third-order valence-electron chi connectivity index (χ3n) is 4.57. The topological polar surface area (TPSA) is 221 Å². The molecule has 1 fully saturated rings. The first-order valence-corrected chi connectivity index (χ1v) is 10.5. The number of amides is 3. The van der Waals surface area contributed by atoms with E-state index in [1.807, 2.05) is 0 Å². The summed E-state index contributed by atoms with van der Waals surface area (Å²) in [5.41, 5.74) is 10.4.